The third-order valence-electron chi connectivity index (χ3n) is 3.02. The highest BCUT2D eigenvalue weighted by atomic mass is 19.2. The molecule has 0 aliphatic rings. The van der Waals surface area contributed by atoms with Crippen molar-refractivity contribution >= 4 is 11.6 Å². The highest BCUT2D eigenvalue weighted by Crippen LogP contribution is 2.23. The lowest BCUT2D eigenvalue weighted by Crippen LogP contribution is -2.48. The SMILES string of the molecule is CCC(C)(CO)NC(=O)c1cc(F)c(F)cc1[N+](=O)[O-]. The number of aliphatic hydroxyl groups is 1. The molecule has 0 bridgehead atoms. The molecule has 0 spiro atoms. The molecule has 1 aromatic rings. The maximum Gasteiger partial charge on any atom is 0.285 e. The Balaban J connectivity index is 3.22. The van der Waals surface area contributed by atoms with Crippen molar-refractivity contribution in [3.8, 4) is 0 Å². The van der Waals surface area contributed by atoms with Crippen LogP contribution >= 0.6 is 0 Å². The molecule has 0 heterocycles. The minimum absolute atomic E-state index is 0.354. The molecule has 1 rings (SSSR count). The predicted octanol–water partition coefficient (Wildman–Crippen LogP) is 1.76. The summed E-state index contributed by atoms with van der Waals surface area (Å²) in [7, 11) is 0. The van der Waals surface area contributed by atoms with Crippen LogP contribution in [0.3, 0.4) is 0 Å². The Bertz CT molecular complexity index is 545. The fourth-order valence-corrected chi connectivity index (χ4v) is 1.45. The highest BCUT2D eigenvalue weighted by molar-refractivity contribution is 5.98. The van der Waals surface area contributed by atoms with Gasteiger partial charge in [0.15, 0.2) is 11.6 Å². The molecule has 2 N–H and O–H groups in total. The topological polar surface area (TPSA) is 92.5 Å². The van der Waals surface area contributed by atoms with Crippen molar-refractivity contribution in [2.24, 2.45) is 0 Å². The van der Waals surface area contributed by atoms with E-state index in [4.69, 9.17) is 0 Å². The number of halogens is 2. The van der Waals surface area contributed by atoms with E-state index in [1.807, 2.05) is 0 Å². The number of amides is 1. The quantitative estimate of drug-likeness (QED) is 0.638. The molecule has 1 amide bonds. The molecule has 0 saturated heterocycles. The van der Waals surface area contributed by atoms with Gasteiger partial charge in [0, 0.05) is 0 Å². The summed E-state index contributed by atoms with van der Waals surface area (Å²) in [6.45, 7) is 2.82. The van der Waals surface area contributed by atoms with E-state index in [9.17, 15) is 28.8 Å². The predicted molar refractivity (Wildman–Crippen MR) is 66.3 cm³/mol. The van der Waals surface area contributed by atoms with Gasteiger partial charge in [0.05, 0.1) is 23.1 Å². The molecular formula is C12H14F2N2O4. The molecule has 0 aliphatic heterocycles. The van der Waals surface area contributed by atoms with Gasteiger partial charge in [-0.05, 0) is 19.4 Å². The molecule has 0 aliphatic carbocycles. The van der Waals surface area contributed by atoms with Crippen molar-refractivity contribution in [3.63, 3.8) is 0 Å². The number of carbonyl (C=O) groups excluding carboxylic acids is 1. The minimum atomic E-state index is -1.41. The lowest BCUT2D eigenvalue weighted by atomic mass is 9.99. The van der Waals surface area contributed by atoms with Gasteiger partial charge < -0.3 is 10.4 Å². The summed E-state index contributed by atoms with van der Waals surface area (Å²) >= 11 is 0. The van der Waals surface area contributed by atoms with Crippen LogP contribution in [0.5, 0.6) is 0 Å². The van der Waals surface area contributed by atoms with Gasteiger partial charge in [-0.3, -0.25) is 14.9 Å². The average Bonchev–Trinajstić information content (AvgIpc) is 2.40. The molecule has 0 saturated carbocycles. The van der Waals surface area contributed by atoms with Gasteiger partial charge in [0.25, 0.3) is 11.6 Å². The third kappa shape index (κ3) is 3.27. The van der Waals surface area contributed by atoms with Gasteiger partial charge >= 0.3 is 0 Å². The van der Waals surface area contributed by atoms with Crippen LogP contribution in [0, 0.1) is 21.7 Å². The van der Waals surface area contributed by atoms with Crippen LogP contribution in [0.4, 0.5) is 14.5 Å². The fraction of sp³-hybridized carbons (Fsp3) is 0.417. The van der Waals surface area contributed by atoms with Crippen molar-refractivity contribution in [2.75, 3.05) is 6.61 Å². The molecule has 0 radical (unpaired) electrons. The van der Waals surface area contributed by atoms with E-state index in [1.54, 1.807) is 6.92 Å². The van der Waals surface area contributed by atoms with Crippen LogP contribution in [0.1, 0.15) is 30.6 Å². The summed E-state index contributed by atoms with van der Waals surface area (Å²) in [4.78, 5) is 21.8. The Morgan fingerprint density at radius 2 is 2.00 bits per heavy atom. The van der Waals surface area contributed by atoms with Gasteiger partial charge in [-0.15, -0.1) is 0 Å². The van der Waals surface area contributed by atoms with E-state index in [-0.39, 0.29) is 0 Å². The minimum Gasteiger partial charge on any atom is -0.394 e. The molecule has 8 heteroatoms. The number of aliphatic hydroxyl groups excluding tert-OH is 1. The Labute approximate surface area is 113 Å². The van der Waals surface area contributed by atoms with E-state index in [1.165, 1.54) is 6.92 Å². The zero-order valence-electron chi connectivity index (χ0n) is 10.9. The van der Waals surface area contributed by atoms with E-state index in [0.29, 0.717) is 18.6 Å². The first-order valence-electron chi connectivity index (χ1n) is 5.81. The second kappa shape index (κ2) is 5.91. The van der Waals surface area contributed by atoms with Gasteiger partial charge in [-0.1, -0.05) is 6.92 Å². The number of hydrogen-bond donors (Lipinski definition) is 2. The zero-order chi connectivity index (χ0) is 15.5. The lowest BCUT2D eigenvalue weighted by molar-refractivity contribution is -0.385. The molecule has 0 aromatic heterocycles. The van der Waals surface area contributed by atoms with E-state index in [2.05, 4.69) is 5.32 Å². The van der Waals surface area contributed by atoms with E-state index in [0.717, 1.165) is 0 Å². The molecule has 20 heavy (non-hydrogen) atoms. The van der Waals surface area contributed by atoms with Gasteiger partial charge in [0.1, 0.15) is 5.56 Å². The molecular weight excluding hydrogens is 274 g/mol. The van der Waals surface area contributed by atoms with E-state index < -0.39 is 45.9 Å². The first-order chi connectivity index (χ1) is 9.24. The normalized spacial score (nSPS) is 13.7. The summed E-state index contributed by atoms with van der Waals surface area (Å²) < 4.78 is 26.2. The molecule has 1 unspecified atom stereocenters. The number of carbonyl (C=O) groups is 1. The number of nitro benzene ring substituents is 1. The summed E-state index contributed by atoms with van der Waals surface area (Å²) in [5, 5.41) is 22.3. The molecule has 6 nitrogen and oxygen atoms in total. The fourth-order valence-electron chi connectivity index (χ4n) is 1.45. The first-order valence-corrected chi connectivity index (χ1v) is 5.81. The van der Waals surface area contributed by atoms with Crippen molar-refractivity contribution in [3.05, 3.63) is 39.4 Å². The van der Waals surface area contributed by atoms with Crippen LogP contribution in [0.2, 0.25) is 0 Å². The van der Waals surface area contributed by atoms with Crippen LogP contribution in [0.25, 0.3) is 0 Å². The highest BCUT2D eigenvalue weighted by Gasteiger charge is 2.29. The van der Waals surface area contributed by atoms with Crippen molar-refractivity contribution < 1.29 is 23.6 Å². The molecule has 110 valence electrons. The van der Waals surface area contributed by atoms with Crippen LogP contribution in [-0.2, 0) is 0 Å². The van der Waals surface area contributed by atoms with Gasteiger partial charge in [-0.2, -0.15) is 0 Å². The average molecular weight is 288 g/mol. The molecule has 1 aromatic carbocycles. The van der Waals surface area contributed by atoms with Crippen molar-refractivity contribution in [1.82, 2.24) is 5.32 Å². The van der Waals surface area contributed by atoms with Crippen molar-refractivity contribution in [2.45, 2.75) is 25.8 Å². The summed E-state index contributed by atoms with van der Waals surface area (Å²) in [5.74, 6) is -3.72. The first kappa shape index (κ1) is 16.0. The van der Waals surface area contributed by atoms with E-state index >= 15 is 0 Å². The van der Waals surface area contributed by atoms with Gasteiger partial charge in [0.2, 0.25) is 0 Å². The summed E-state index contributed by atoms with van der Waals surface area (Å²) in [6, 6.07) is 0.822. The van der Waals surface area contributed by atoms with Crippen LogP contribution in [0.15, 0.2) is 12.1 Å². The smallest absolute Gasteiger partial charge is 0.285 e. The Hall–Kier alpha value is -2.09. The number of nitro groups is 1. The number of nitrogens with one attached hydrogen (secondary N) is 1. The maximum absolute atomic E-state index is 13.2. The van der Waals surface area contributed by atoms with Gasteiger partial charge in [-0.25, -0.2) is 8.78 Å². The molecule has 1 atom stereocenters. The number of nitrogens with zero attached hydrogens (tertiary/aromatic N) is 1. The van der Waals surface area contributed by atoms with Crippen LogP contribution < -0.4 is 5.32 Å². The zero-order valence-corrected chi connectivity index (χ0v) is 10.9. The largest absolute Gasteiger partial charge is 0.394 e. The second-order valence-electron chi connectivity index (χ2n) is 4.57. The maximum atomic E-state index is 13.2. The van der Waals surface area contributed by atoms with Crippen LogP contribution in [-0.4, -0.2) is 28.1 Å². The summed E-state index contributed by atoms with van der Waals surface area (Å²) in [6.07, 6.45) is 0.354. The monoisotopic (exact) mass is 288 g/mol. The van der Waals surface area contributed by atoms with Crippen molar-refractivity contribution in [1.29, 1.82) is 0 Å². The Kier molecular flexibility index (Phi) is 4.72. The third-order valence-corrected chi connectivity index (χ3v) is 3.02. The number of benzene rings is 1. The number of rotatable bonds is 5. The lowest BCUT2D eigenvalue weighted by Gasteiger charge is -2.27. The Morgan fingerprint density at radius 1 is 1.45 bits per heavy atom. The Morgan fingerprint density at radius 3 is 2.45 bits per heavy atom. The molecule has 0 fully saturated rings. The summed E-state index contributed by atoms with van der Waals surface area (Å²) in [5.41, 5.74) is -2.43. The second-order valence-corrected chi connectivity index (χ2v) is 4.57. The number of hydrogen-bond acceptors (Lipinski definition) is 4. The standard InChI is InChI=1S/C12H14F2N2O4/c1-3-12(2,6-17)15-11(18)7-4-8(13)9(14)5-10(7)16(19)20/h4-5,17H,3,6H2,1-2H3,(H,15,18).